The molecule has 0 unspecified atom stereocenters. The van der Waals surface area contributed by atoms with Gasteiger partial charge < -0.3 is 9.47 Å². The Morgan fingerprint density at radius 1 is 1.03 bits per heavy atom. The molecule has 36 heavy (non-hydrogen) atoms. The van der Waals surface area contributed by atoms with Crippen LogP contribution >= 0.6 is 0 Å². The van der Waals surface area contributed by atoms with Gasteiger partial charge in [-0.15, -0.1) is 0 Å². The van der Waals surface area contributed by atoms with Crippen LogP contribution in [-0.4, -0.2) is 40.2 Å². The minimum atomic E-state index is -4.62. The molecule has 0 fully saturated rings. The maximum absolute atomic E-state index is 13.5. The number of nitrogens with zero attached hydrogens (tertiary/aromatic N) is 1. The van der Waals surface area contributed by atoms with Crippen LogP contribution in [0.5, 0.6) is 11.5 Å². The quantitative estimate of drug-likeness (QED) is 0.319. The van der Waals surface area contributed by atoms with E-state index in [1.807, 2.05) is 7.85 Å². The van der Waals surface area contributed by atoms with Crippen molar-refractivity contribution in [2.24, 2.45) is 0 Å². The van der Waals surface area contributed by atoms with Gasteiger partial charge in [0.2, 0.25) is 10.0 Å². The van der Waals surface area contributed by atoms with E-state index in [1.54, 1.807) is 43.3 Å². The summed E-state index contributed by atoms with van der Waals surface area (Å²) >= 11 is 0. The Bertz CT molecular complexity index is 1330. The minimum Gasteiger partial charge on any atom is -0.469 e. The van der Waals surface area contributed by atoms with Crippen LogP contribution in [-0.2, 0) is 38.7 Å². The summed E-state index contributed by atoms with van der Waals surface area (Å²) in [4.78, 5) is 11.6. The first-order chi connectivity index (χ1) is 16.9. The third-order valence-corrected chi connectivity index (χ3v) is 7.38. The molecule has 0 atom stereocenters. The van der Waals surface area contributed by atoms with E-state index in [2.05, 4.69) is 4.74 Å². The number of ether oxygens (including phenoxy) is 2. The molecule has 6 nitrogen and oxygen atoms in total. The molecule has 0 spiro atoms. The van der Waals surface area contributed by atoms with Gasteiger partial charge in [0.15, 0.2) is 0 Å². The SMILES string of the molecule is Bc1ccc(S(=O)(=O)N(CC)Cc2cc(C(F)(F)F)ccc2Oc2cccc(CC(=O)OC)c2)cc1. The zero-order chi connectivity index (χ0) is 26.5. The van der Waals surface area contributed by atoms with Crippen LogP contribution in [0.25, 0.3) is 0 Å². The fraction of sp³-hybridized carbons (Fsp3) is 0.240. The van der Waals surface area contributed by atoms with Crippen LogP contribution in [0.15, 0.2) is 71.6 Å². The second-order valence-electron chi connectivity index (χ2n) is 8.07. The third-order valence-electron chi connectivity index (χ3n) is 5.45. The van der Waals surface area contributed by atoms with Crippen molar-refractivity contribution in [2.75, 3.05) is 13.7 Å². The number of halogens is 3. The Hall–Kier alpha value is -3.31. The maximum Gasteiger partial charge on any atom is 0.416 e. The van der Waals surface area contributed by atoms with E-state index < -0.39 is 27.7 Å². The van der Waals surface area contributed by atoms with E-state index in [-0.39, 0.29) is 41.5 Å². The van der Waals surface area contributed by atoms with Crippen molar-refractivity contribution in [3.05, 3.63) is 83.4 Å². The van der Waals surface area contributed by atoms with Crippen LogP contribution in [0.1, 0.15) is 23.6 Å². The van der Waals surface area contributed by atoms with Crippen LogP contribution in [0.2, 0.25) is 0 Å². The van der Waals surface area contributed by atoms with E-state index in [0.717, 1.165) is 28.0 Å². The summed E-state index contributed by atoms with van der Waals surface area (Å²) in [6.07, 6.45) is -4.63. The Balaban J connectivity index is 1.98. The highest BCUT2D eigenvalue weighted by molar-refractivity contribution is 7.89. The van der Waals surface area contributed by atoms with Gasteiger partial charge in [-0.3, -0.25) is 4.79 Å². The first-order valence-electron chi connectivity index (χ1n) is 11.0. The van der Waals surface area contributed by atoms with Crippen LogP contribution < -0.4 is 10.2 Å². The molecule has 0 saturated carbocycles. The Morgan fingerprint density at radius 3 is 2.33 bits per heavy atom. The zero-order valence-electron chi connectivity index (χ0n) is 20.0. The fourth-order valence-corrected chi connectivity index (χ4v) is 4.91. The highest BCUT2D eigenvalue weighted by atomic mass is 32.2. The number of alkyl halides is 3. The molecule has 0 aliphatic heterocycles. The highest BCUT2D eigenvalue weighted by Crippen LogP contribution is 2.35. The molecular weight excluding hydrogens is 494 g/mol. The number of sulfonamides is 1. The predicted octanol–water partition coefficient (Wildman–Crippen LogP) is 3.68. The lowest BCUT2D eigenvalue weighted by Gasteiger charge is -2.23. The Kier molecular flexibility index (Phi) is 8.47. The molecule has 190 valence electrons. The van der Waals surface area contributed by atoms with Crippen LogP contribution in [0.3, 0.4) is 0 Å². The van der Waals surface area contributed by atoms with Crippen molar-refractivity contribution in [1.82, 2.24) is 4.31 Å². The van der Waals surface area contributed by atoms with Crippen molar-refractivity contribution in [2.45, 2.75) is 31.0 Å². The summed E-state index contributed by atoms with van der Waals surface area (Å²) in [5, 5.41) is 0. The Morgan fingerprint density at radius 2 is 1.72 bits per heavy atom. The first-order valence-corrected chi connectivity index (χ1v) is 12.5. The molecule has 0 saturated heterocycles. The number of carbonyl (C=O) groups is 1. The zero-order valence-corrected chi connectivity index (χ0v) is 20.8. The first kappa shape index (κ1) is 27.3. The topological polar surface area (TPSA) is 72.9 Å². The molecule has 0 aliphatic rings. The van der Waals surface area contributed by atoms with E-state index in [4.69, 9.17) is 4.74 Å². The minimum absolute atomic E-state index is 0.00796. The van der Waals surface area contributed by atoms with Crippen molar-refractivity contribution >= 4 is 29.3 Å². The average molecular weight is 519 g/mol. The number of hydrogen-bond donors (Lipinski definition) is 0. The number of esters is 1. The molecule has 3 aromatic carbocycles. The van der Waals surface area contributed by atoms with Gasteiger partial charge in [-0.1, -0.05) is 36.7 Å². The smallest absolute Gasteiger partial charge is 0.416 e. The molecule has 0 aliphatic carbocycles. The number of carbonyl (C=O) groups excluding carboxylic acids is 1. The largest absolute Gasteiger partial charge is 0.469 e. The number of hydrogen-bond acceptors (Lipinski definition) is 5. The predicted molar refractivity (Wildman–Crippen MR) is 132 cm³/mol. The van der Waals surface area contributed by atoms with Gasteiger partial charge in [-0.05, 0) is 48.0 Å². The molecule has 0 amide bonds. The van der Waals surface area contributed by atoms with Crippen molar-refractivity contribution in [3.63, 3.8) is 0 Å². The second kappa shape index (κ2) is 11.2. The van der Waals surface area contributed by atoms with Gasteiger partial charge in [-0.25, -0.2) is 8.42 Å². The molecule has 0 bridgehead atoms. The monoisotopic (exact) mass is 519 g/mol. The summed E-state index contributed by atoms with van der Waals surface area (Å²) < 4.78 is 78.5. The van der Waals surface area contributed by atoms with Gasteiger partial charge in [0.05, 0.1) is 24.0 Å². The fourth-order valence-electron chi connectivity index (χ4n) is 3.48. The number of methoxy groups -OCH3 is 1. The average Bonchev–Trinajstić information content (AvgIpc) is 2.83. The van der Waals surface area contributed by atoms with Gasteiger partial charge in [0, 0.05) is 18.7 Å². The maximum atomic E-state index is 13.5. The molecule has 11 heteroatoms. The van der Waals surface area contributed by atoms with Gasteiger partial charge in [-0.2, -0.15) is 17.5 Å². The lowest BCUT2D eigenvalue weighted by molar-refractivity contribution is -0.140. The van der Waals surface area contributed by atoms with Crippen molar-refractivity contribution < 1.29 is 35.9 Å². The number of rotatable bonds is 9. The summed E-state index contributed by atoms with van der Waals surface area (Å²) in [7, 11) is -0.897. The molecule has 0 N–H and O–H groups in total. The summed E-state index contributed by atoms with van der Waals surface area (Å²) in [5.74, 6) is -0.111. The molecule has 3 aromatic rings. The van der Waals surface area contributed by atoms with E-state index in [0.29, 0.717) is 5.56 Å². The molecule has 3 rings (SSSR count). The number of benzene rings is 3. The van der Waals surface area contributed by atoms with Crippen LogP contribution in [0, 0.1) is 0 Å². The lowest BCUT2D eigenvalue weighted by Crippen LogP contribution is -2.31. The Labute approximate surface area is 209 Å². The van der Waals surface area contributed by atoms with Gasteiger partial charge in [0.1, 0.15) is 19.3 Å². The molecule has 0 heterocycles. The summed E-state index contributed by atoms with van der Waals surface area (Å²) in [6, 6.07) is 15.6. The van der Waals surface area contributed by atoms with E-state index in [9.17, 15) is 26.4 Å². The van der Waals surface area contributed by atoms with Gasteiger partial charge >= 0.3 is 12.1 Å². The molecule has 0 radical (unpaired) electrons. The summed E-state index contributed by atoms with van der Waals surface area (Å²) in [6.45, 7) is 1.30. The lowest BCUT2D eigenvalue weighted by atomic mass is 9.97. The second-order valence-corrected chi connectivity index (χ2v) is 10.0. The standard InChI is InChI=1S/C25H25BF3NO5S/c1-3-30(36(32,33)22-10-8-20(26)9-11-22)16-18-15-19(25(27,28)29)7-12-23(18)35-21-6-4-5-17(13-21)14-24(31)34-2/h4-13,15H,3,14,16,26H2,1-2H3. The highest BCUT2D eigenvalue weighted by Gasteiger charge is 2.32. The van der Waals surface area contributed by atoms with Crippen molar-refractivity contribution in [1.29, 1.82) is 0 Å². The normalized spacial score (nSPS) is 11.9. The van der Waals surface area contributed by atoms with Gasteiger partial charge in [0.25, 0.3) is 0 Å². The summed E-state index contributed by atoms with van der Waals surface area (Å²) in [5.41, 5.74) is 0.582. The molecule has 0 aromatic heterocycles. The van der Waals surface area contributed by atoms with E-state index in [1.165, 1.54) is 19.2 Å². The van der Waals surface area contributed by atoms with Crippen molar-refractivity contribution in [3.8, 4) is 11.5 Å². The third kappa shape index (κ3) is 6.67. The van der Waals surface area contributed by atoms with E-state index >= 15 is 0 Å². The molecular formula is C25H25BF3NO5S. The van der Waals surface area contributed by atoms with Crippen LogP contribution in [0.4, 0.5) is 13.2 Å².